The number of para-hydroxylation sites is 1. The van der Waals surface area contributed by atoms with Gasteiger partial charge < -0.3 is 15.8 Å². The average Bonchev–Trinajstić information content (AvgIpc) is 2.55. The Kier molecular flexibility index (Phi) is 6.44. The first-order valence-corrected chi connectivity index (χ1v) is 8.10. The van der Waals surface area contributed by atoms with Crippen molar-refractivity contribution in [3.63, 3.8) is 0 Å². The normalized spacial score (nSPS) is 12.3. The summed E-state index contributed by atoms with van der Waals surface area (Å²) >= 11 is 3.05. The summed E-state index contributed by atoms with van der Waals surface area (Å²) in [6.45, 7) is 0.189. The van der Waals surface area contributed by atoms with Crippen molar-refractivity contribution >= 4 is 27.6 Å². The van der Waals surface area contributed by atoms with Crippen molar-refractivity contribution in [1.29, 1.82) is 0 Å². The second kappa shape index (κ2) is 8.35. The summed E-state index contributed by atoms with van der Waals surface area (Å²) in [5.41, 5.74) is 6.68. The number of aliphatic imine (C=N–C) groups is 1. The van der Waals surface area contributed by atoms with Crippen LogP contribution in [0.4, 0.5) is 18.9 Å². The average molecular weight is 416 g/mol. The first-order chi connectivity index (χ1) is 11.8. The molecule has 0 unspecified atom stereocenters. The molecule has 0 aliphatic rings. The summed E-state index contributed by atoms with van der Waals surface area (Å²) in [5.74, 6) is 0.0274. The molecule has 0 aromatic heterocycles. The molecule has 8 heteroatoms. The molecule has 0 saturated carbocycles. The number of methoxy groups -OCH3 is 1. The van der Waals surface area contributed by atoms with Crippen molar-refractivity contribution < 1.29 is 17.9 Å². The summed E-state index contributed by atoms with van der Waals surface area (Å²) in [6, 6.07) is 11.3. The quantitative estimate of drug-likeness (QED) is 0.556. The van der Waals surface area contributed by atoms with Crippen molar-refractivity contribution in [3.8, 4) is 0 Å². The molecule has 2 aromatic carbocycles. The maximum Gasteiger partial charge on any atom is 0.416 e. The zero-order valence-corrected chi connectivity index (χ0v) is 15.0. The van der Waals surface area contributed by atoms with E-state index in [1.54, 1.807) is 13.2 Å². The third-order valence-corrected chi connectivity index (χ3v) is 3.87. The van der Waals surface area contributed by atoms with Crippen molar-refractivity contribution in [2.45, 2.75) is 19.3 Å². The Labute approximate surface area is 152 Å². The number of guanidine groups is 1. The van der Waals surface area contributed by atoms with E-state index in [4.69, 9.17) is 10.5 Å². The predicted octanol–water partition coefficient (Wildman–Crippen LogP) is 4.54. The fraction of sp³-hybridized carbons (Fsp3) is 0.235. The molecule has 0 spiro atoms. The highest BCUT2D eigenvalue weighted by Crippen LogP contribution is 2.34. The Bertz CT molecular complexity index is 763. The third kappa shape index (κ3) is 5.47. The molecular weight excluding hydrogens is 399 g/mol. The van der Waals surface area contributed by atoms with Crippen LogP contribution in [-0.2, 0) is 24.1 Å². The molecule has 0 radical (unpaired) electrons. The van der Waals surface area contributed by atoms with Crippen LogP contribution in [0, 0.1) is 0 Å². The number of ether oxygens (including phenoxy) is 1. The van der Waals surface area contributed by atoms with Gasteiger partial charge in [0.25, 0.3) is 0 Å². The van der Waals surface area contributed by atoms with Gasteiger partial charge in [-0.1, -0.05) is 40.2 Å². The monoisotopic (exact) mass is 415 g/mol. The number of nitrogens with two attached hydrogens (primary N) is 1. The molecule has 4 nitrogen and oxygen atoms in total. The van der Waals surface area contributed by atoms with Gasteiger partial charge in [-0.3, -0.25) is 0 Å². The van der Waals surface area contributed by atoms with Crippen LogP contribution in [0.1, 0.15) is 16.7 Å². The van der Waals surface area contributed by atoms with E-state index in [1.165, 1.54) is 12.1 Å². The Morgan fingerprint density at radius 2 is 1.92 bits per heavy atom. The third-order valence-electron chi connectivity index (χ3n) is 3.38. The maximum absolute atomic E-state index is 13.1. The summed E-state index contributed by atoms with van der Waals surface area (Å²) in [7, 11) is 1.57. The van der Waals surface area contributed by atoms with Gasteiger partial charge in [0.1, 0.15) is 0 Å². The van der Waals surface area contributed by atoms with E-state index < -0.39 is 11.7 Å². The first-order valence-electron chi connectivity index (χ1n) is 7.30. The number of alkyl halides is 3. The Balaban J connectivity index is 2.17. The van der Waals surface area contributed by atoms with E-state index in [0.29, 0.717) is 16.8 Å². The highest BCUT2D eigenvalue weighted by atomic mass is 79.9. The van der Waals surface area contributed by atoms with Crippen LogP contribution in [0.5, 0.6) is 0 Å². The highest BCUT2D eigenvalue weighted by Gasteiger charge is 2.33. The molecule has 25 heavy (non-hydrogen) atoms. The summed E-state index contributed by atoms with van der Waals surface area (Å²) in [5, 5.41) is 2.89. The van der Waals surface area contributed by atoms with Gasteiger partial charge in [-0.05, 0) is 23.8 Å². The van der Waals surface area contributed by atoms with Crippen molar-refractivity contribution in [2.75, 3.05) is 12.4 Å². The number of benzene rings is 2. The fourth-order valence-corrected chi connectivity index (χ4v) is 2.58. The van der Waals surface area contributed by atoms with Gasteiger partial charge in [-0.2, -0.15) is 13.2 Å². The Morgan fingerprint density at radius 3 is 2.60 bits per heavy atom. The second-order valence-corrected chi connectivity index (χ2v) is 6.13. The molecule has 134 valence electrons. The SMILES string of the molecule is COCc1ccccc1NC(N)=NCc1ccc(Br)cc1C(F)(F)F. The van der Waals surface area contributed by atoms with Gasteiger partial charge in [0.15, 0.2) is 5.96 Å². The molecule has 0 aliphatic heterocycles. The van der Waals surface area contributed by atoms with Crippen LogP contribution in [0.15, 0.2) is 51.9 Å². The first kappa shape index (κ1) is 19.3. The lowest BCUT2D eigenvalue weighted by molar-refractivity contribution is -0.138. The van der Waals surface area contributed by atoms with Crippen LogP contribution in [-0.4, -0.2) is 13.1 Å². The minimum Gasteiger partial charge on any atom is -0.380 e. The topological polar surface area (TPSA) is 59.6 Å². The number of nitrogens with one attached hydrogen (secondary N) is 1. The van der Waals surface area contributed by atoms with E-state index in [9.17, 15) is 13.2 Å². The predicted molar refractivity (Wildman–Crippen MR) is 95.2 cm³/mol. The van der Waals surface area contributed by atoms with Gasteiger partial charge in [-0.25, -0.2) is 4.99 Å². The van der Waals surface area contributed by atoms with Gasteiger partial charge in [-0.15, -0.1) is 0 Å². The van der Waals surface area contributed by atoms with Crippen molar-refractivity contribution in [3.05, 3.63) is 63.6 Å². The van der Waals surface area contributed by atoms with Crippen molar-refractivity contribution in [2.24, 2.45) is 10.7 Å². The van der Waals surface area contributed by atoms with E-state index in [-0.39, 0.29) is 18.1 Å². The van der Waals surface area contributed by atoms with Crippen LogP contribution in [0.2, 0.25) is 0 Å². The minimum atomic E-state index is -4.46. The van der Waals surface area contributed by atoms with Gasteiger partial charge in [0.05, 0.1) is 18.7 Å². The number of rotatable bonds is 5. The van der Waals surface area contributed by atoms with Crippen LogP contribution in [0.25, 0.3) is 0 Å². The van der Waals surface area contributed by atoms with E-state index >= 15 is 0 Å². The molecule has 0 bridgehead atoms. The fourth-order valence-electron chi connectivity index (χ4n) is 2.22. The van der Waals surface area contributed by atoms with E-state index in [0.717, 1.165) is 11.6 Å². The lowest BCUT2D eigenvalue weighted by atomic mass is 10.1. The molecule has 3 N–H and O–H groups in total. The molecule has 2 aromatic rings. The molecule has 2 rings (SSSR count). The van der Waals surface area contributed by atoms with Crippen LogP contribution < -0.4 is 11.1 Å². The smallest absolute Gasteiger partial charge is 0.380 e. The standard InChI is InChI=1S/C17H17BrF3N3O/c1-25-10-12-4-2-3-5-15(12)24-16(22)23-9-11-6-7-13(18)8-14(11)17(19,20)21/h2-8H,9-10H2,1H3,(H3,22,23,24). The number of hydrogen-bond acceptors (Lipinski definition) is 2. The lowest BCUT2D eigenvalue weighted by Crippen LogP contribution is -2.23. The van der Waals surface area contributed by atoms with Crippen LogP contribution >= 0.6 is 15.9 Å². The van der Waals surface area contributed by atoms with Gasteiger partial charge in [0, 0.05) is 22.8 Å². The molecule has 0 saturated heterocycles. The van der Waals surface area contributed by atoms with E-state index in [2.05, 4.69) is 26.2 Å². The Morgan fingerprint density at radius 1 is 1.20 bits per heavy atom. The number of nitrogens with zero attached hydrogens (tertiary/aromatic N) is 1. The summed E-state index contributed by atoms with van der Waals surface area (Å²) in [4.78, 5) is 4.02. The number of anilines is 1. The number of hydrogen-bond donors (Lipinski definition) is 2. The Hall–Kier alpha value is -2.06. The molecular formula is C17H17BrF3N3O. The van der Waals surface area contributed by atoms with Crippen molar-refractivity contribution in [1.82, 2.24) is 0 Å². The lowest BCUT2D eigenvalue weighted by Gasteiger charge is -2.13. The van der Waals surface area contributed by atoms with Gasteiger partial charge in [0.2, 0.25) is 0 Å². The van der Waals surface area contributed by atoms with Crippen LogP contribution in [0.3, 0.4) is 0 Å². The van der Waals surface area contributed by atoms with E-state index in [1.807, 2.05) is 18.2 Å². The molecule has 0 aliphatic carbocycles. The largest absolute Gasteiger partial charge is 0.416 e. The summed E-state index contributed by atoms with van der Waals surface area (Å²) in [6.07, 6.45) is -4.46. The summed E-state index contributed by atoms with van der Waals surface area (Å²) < 4.78 is 44.8. The minimum absolute atomic E-state index is 0.0274. The zero-order valence-electron chi connectivity index (χ0n) is 13.4. The zero-order chi connectivity index (χ0) is 18.4. The molecule has 0 amide bonds. The molecule has 0 fully saturated rings. The van der Waals surface area contributed by atoms with Gasteiger partial charge >= 0.3 is 6.18 Å². The number of halogens is 4. The second-order valence-electron chi connectivity index (χ2n) is 5.22. The maximum atomic E-state index is 13.1. The molecule has 0 heterocycles. The highest BCUT2D eigenvalue weighted by molar-refractivity contribution is 9.10. The molecule has 0 atom stereocenters.